The van der Waals surface area contributed by atoms with E-state index in [-0.39, 0.29) is 0 Å². The van der Waals surface area contributed by atoms with Gasteiger partial charge in [0.05, 0.1) is 38.4 Å². The van der Waals surface area contributed by atoms with Crippen molar-refractivity contribution in [1.82, 2.24) is 0 Å². The van der Waals surface area contributed by atoms with Gasteiger partial charge in [-0.1, -0.05) is 24.3 Å². The smallest absolute Gasteiger partial charge is 0.220 e. The van der Waals surface area contributed by atoms with E-state index in [1.165, 1.54) is 0 Å². The summed E-state index contributed by atoms with van der Waals surface area (Å²) < 4.78 is 22.7. The summed E-state index contributed by atoms with van der Waals surface area (Å²) in [4.78, 5) is 8.98. The Labute approximate surface area is 152 Å². The van der Waals surface area contributed by atoms with Crippen LogP contribution >= 0.6 is 0 Å². The molecule has 134 valence electrons. The summed E-state index contributed by atoms with van der Waals surface area (Å²) >= 11 is 0. The van der Waals surface area contributed by atoms with E-state index in [1.54, 1.807) is 14.2 Å². The van der Waals surface area contributed by atoms with Crippen LogP contribution in [0.15, 0.2) is 46.4 Å². The van der Waals surface area contributed by atoms with Crippen molar-refractivity contribution < 1.29 is 18.9 Å². The average molecular weight is 352 g/mol. The fourth-order valence-corrected chi connectivity index (χ4v) is 3.27. The third kappa shape index (κ3) is 2.77. The monoisotopic (exact) mass is 352 g/mol. The second-order valence-corrected chi connectivity index (χ2v) is 5.84. The zero-order valence-electron chi connectivity index (χ0n) is 14.8. The van der Waals surface area contributed by atoms with Crippen molar-refractivity contribution in [2.24, 2.45) is 9.98 Å². The Hall–Kier alpha value is -3.02. The van der Waals surface area contributed by atoms with E-state index < -0.39 is 0 Å². The quantitative estimate of drug-likeness (QED) is 0.830. The maximum Gasteiger partial charge on any atom is 0.220 e. The summed E-state index contributed by atoms with van der Waals surface area (Å²) in [5, 5.41) is 0. The van der Waals surface area contributed by atoms with Gasteiger partial charge in [0.1, 0.15) is 24.7 Å². The molecule has 0 fully saturated rings. The number of rotatable bonds is 5. The summed E-state index contributed by atoms with van der Waals surface area (Å²) in [6.45, 7) is 2.45. The maximum absolute atomic E-state index is 5.74. The van der Waals surface area contributed by atoms with Crippen LogP contribution in [-0.2, 0) is 9.47 Å². The van der Waals surface area contributed by atoms with Crippen LogP contribution in [0.1, 0.15) is 11.1 Å². The van der Waals surface area contributed by atoms with Crippen molar-refractivity contribution in [3.8, 4) is 22.6 Å². The van der Waals surface area contributed by atoms with E-state index in [1.807, 2.05) is 36.4 Å². The number of methoxy groups -OCH3 is 2. The molecule has 2 aromatic carbocycles. The topological polar surface area (TPSA) is 61.6 Å². The molecule has 0 bridgehead atoms. The predicted octanol–water partition coefficient (Wildman–Crippen LogP) is 2.92. The van der Waals surface area contributed by atoms with Crippen LogP contribution in [-0.4, -0.2) is 52.3 Å². The molecule has 0 atom stereocenters. The minimum Gasteiger partial charge on any atom is -0.496 e. The van der Waals surface area contributed by atoms with E-state index in [0.29, 0.717) is 49.6 Å². The van der Waals surface area contributed by atoms with Crippen molar-refractivity contribution in [3.63, 3.8) is 0 Å². The van der Waals surface area contributed by atoms with Gasteiger partial charge in [0.15, 0.2) is 0 Å². The summed E-state index contributed by atoms with van der Waals surface area (Å²) in [7, 11) is 3.30. The molecule has 2 aliphatic rings. The largest absolute Gasteiger partial charge is 0.496 e. The lowest BCUT2D eigenvalue weighted by molar-refractivity contribution is 0.344. The third-order valence-corrected chi connectivity index (χ3v) is 4.38. The minimum atomic E-state index is 0.577. The Balaban J connectivity index is 1.97. The van der Waals surface area contributed by atoms with E-state index in [2.05, 4.69) is 9.98 Å². The summed E-state index contributed by atoms with van der Waals surface area (Å²) in [6, 6.07) is 11.8. The maximum atomic E-state index is 5.74. The van der Waals surface area contributed by atoms with Gasteiger partial charge < -0.3 is 18.9 Å². The van der Waals surface area contributed by atoms with Crippen molar-refractivity contribution in [1.29, 1.82) is 0 Å². The molecule has 6 nitrogen and oxygen atoms in total. The van der Waals surface area contributed by atoms with Crippen LogP contribution < -0.4 is 9.47 Å². The Morgan fingerprint density at radius 3 is 1.54 bits per heavy atom. The lowest BCUT2D eigenvalue weighted by Gasteiger charge is -2.18. The molecule has 0 saturated carbocycles. The Morgan fingerprint density at radius 2 is 1.19 bits per heavy atom. The number of hydrogen-bond donors (Lipinski definition) is 0. The third-order valence-electron chi connectivity index (χ3n) is 4.38. The molecule has 0 aliphatic carbocycles. The van der Waals surface area contributed by atoms with Crippen molar-refractivity contribution in [3.05, 3.63) is 47.5 Å². The SMILES string of the molecule is COc1cccc(-c2cccc(OC)c2C2=NCCO2)c1C1=NCCO1. The Bertz CT molecular complexity index is 816. The van der Waals surface area contributed by atoms with Crippen molar-refractivity contribution >= 4 is 11.8 Å². The highest BCUT2D eigenvalue weighted by Crippen LogP contribution is 2.38. The van der Waals surface area contributed by atoms with Crippen molar-refractivity contribution in [2.75, 3.05) is 40.5 Å². The Kier molecular flexibility index (Phi) is 4.48. The molecular weight excluding hydrogens is 332 g/mol. The van der Waals surface area contributed by atoms with Gasteiger partial charge in [0.2, 0.25) is 11.8 Å². The molecule has 0 amide bonds. The molecule has 0 N–H and O–H groups in total. The second kappa shape index (κ2) is 7.07. The summed E-state index contributed by atoms with van der Waals surface area (Å²) in [5.41, 5.74) is 3.55. The van der Waals surface area contributed by atoms with Crippen LogP contribution in [0.5, 0.6) is 11.5 Å². The van der Waals surface area contributed by atoms with E-state index in [0.717, 1.165) is 22.3 Å². The number of aliphatic imine (C=N–C) groups is 2. The average Bonchev–Trinajstić information content (AvgIpc) is 3.40. The minimum absolute atomic E-state index is 0.577. The van der Waals surface area contributed by atoms with E-state index in [4.69, 9.17) is 18.9 Å². The molecule has 0 aromatic heterocycles. The van der Waals surface area contributed by atoms with Gasteiger partial charge in [-0.2, -0.15) is 0 Å². The van der Waals surface area contributed by atoms with Crippen molar-refractivity contribution in [2.45, 2.75) is 0 Å². The Morgan fingerprint density at radius 1 is 0.731 bits per heavy atom. The lowest BCUT2D eigenvalue weighted by Crippen LogP contribution is -2.10. The molecule has 0 saturated heterocycles. The highest BCUT2D eigenvalue weighted by molar-refractivity contribution is 6.09. The molecule has 2 aromatic rings. The molecule has 26 heavy (non-hydrogen) atoms. The van der Waals surface area contributed by atoms with E-state index in [9.17, 15) is 0 Å². The molecule has 0 radical (unpaired) electrons. The number of nitrogens with zero attached hydrogens (tertiary/aromatic N) is 2. The van der Waals surface area contributed by atoms with Crippen LogP contribution in [0.3, 0.4) is 0 Å². The fourth-order valence-electron chi connectivity index (χ4n) is 3.27. The first-order valence-electron chi connectivity index (χ1n) is 8.53. The highest BCUT2D eigenvalue weighted by atomic mass is 16.5. The van der Waals surface area contributed by atoms with Crippen LogP contribution in [0.25, 0.3) is 11.1 Å². The second-order valence-electron chi connectivity index (χ2n) is 5.84. The number of benzene rings is 2. The first-order chi connectivity index (χ1) is 12.8. The van der Waals surface area contributed by atoms with Gasteiger partial charge >= 0.3 is 0 Å². The molecule has 2 heterocycles. The molecule has 6 heteroatoms. The lowest BCUT2D eigenvalue weighted by atomic mass is 9.93. The standard InChI is InChI=1S/C20H20N2O4/c1-23-15-7-3-5-13(17(15)19-21-9-11-25-19)14-6-4-8-16(24-2)18(14)20-22-10-12-26-20/h3-8H,9-12H2,1-2H3. The predicted molar refractivity (Wildman–Crippen MR) is 99.7 cm³/mol. The fraction of sp³-hybridized carbons (Fsp3) is 0.300. The van der Waals surface area contributed by atoms with Gasteiger partial charge in [-0.05, 0) is 23.3 Å². The molecule has 2 aliphatic heterocycles. The molecule has 0 unspecified atom stereocenters. The highest BCUT2D eigenvalue weighted by Gasteiger charge is 2.26. The van der Waals surface area contributed by atoms with Crippen LogP contribution in [0, 0.1) is 0 Å². The first-order valence-corrected chi connectivity index (χ1v) is 8.53. The van der Waals surface area contributed by atoms with Crippen LogP contribution in [0.4, 0.5) is 0 Å². The molecule has 0 spiro atoms. The van der Waals surface area contributed by atoms with Gasteiger partial charge in [0, 0.05) is 0 Å². The summed E-state index contributed by atoms with van der Waals surface area (Å²) in [6.07, 6.45) is 0. The normalized spacial score (nSPS) is 15.8. The zero-order valence-corrected chi connectivity index (χ0v) is 14.8. The first kappa shape index (κ1) is 16.4. The van der Waals surface area contributed by atoms with Crippen LogP contribution in [0.2, 0.25) is 0 Å². The number of hydrogen-bond acceptors (Lipinski definition) is 6. The van der Waals surface area contributed by atoms with Gasteiger partial charge in [-0.3, -0.25) is 0 Å². The van der Waals surface area contributed by atoms with Gasteiger partial charge in [-0.25, -0.2) is 9.98 Å². The number of ether oxygens (including phenoxy) is 4. The van der Waals surface area contributed by atoms with Gasteiger partial charge in [-0.15, -0.1) is 0 Å². The molecule has 4 rings (SSSR count). The van der Waals surface area contributed by atoms with Gasteiger partial charge in [0.25, 0.3) is 0 Å². The summed E-state index contributed by atoms with van der Waals surface area (Å²) in [5.74, 6) is 2.62. The van der Waals surface area contributed by atoms with E-state index >= 15 is 0 Å². The zero-order chi connectivity index (χ0) is 17.9. The molecular formula is C20H20N2O4.